The molecule has 166 valence electrons. The Morgan fingerprint density at radius 3 is 2.65 bits per heavy atom. The molecule has 0 spiro atoms. The van der Waals surface area contributed by atoms with E-state index in [9.17, 15) is 4.79 Å². The van der Waals surface area contributed by atoms with Crippen LogP contribution in [0, 0.1) is 6.92 Å². The summed E-state index contributed by atoms with van der Waals surface area (Å²) >= 11 is 0. The molecule has 2 heterocycles. The summed E-state index contributed by atoms with van der Waals surface area (Å²) in [6.45, 7) is 9.15. The van der Waals surface area contributed by atoms with Crippen LogP contribution in [0.25, 0.3) is 0 Å². The average molecular weight is 421 g/mol. The lowest BCUT2D eigenvalue weighted by Crippen LogP contribution is -2.31. The number of aryl methyl sites for hydroxylation is 1. The normalized spacial score (nSPS) is 19.5. The van der Waals surface area contributed by atoms with Gasteiger partial charge in [-0.05, 0) is 88.4 Å². The average Bonchev–Trinajstić information content (AvgIpc) is 3.27. The van der Waals surface area contributed by atoms with Gasteiger partial charge in [0.25, 0.3) is 0 Å². The smallest absolute Gasteiger partial charge is 0.161 e. The largest absolute Gasteiger partial charge is 0.494 e. The molecule has 4 heteroatoms. The number of carbonyl (C=O) groups excluding carboxylic acids is 1. The fourth-order valence-corrected chi connectivity index (χ4v) is 5.18. The van der Waals surface area contributed by atoms with Crippen molar-refractivity contribution in [3.8, 4) is 5.75 Å². The minimum absolute atomic E-state index is 0.134. The number of ether oxygens (including phenoxy) is 1. The lowest BCUT2D eigenvalue weighted by molar-refractivity contribution is 0.101. The van der Waals surface area contributed by atoms with Gasteiger partial charge in [-0.3, -0.25) is 4.79 Å². The van der Waals surface area contributed by atoms with Crippen LogP contribution in [0.3, 0.4) is 0 Å². The van der Waals surface area contributed by atoms with Crippen LogP contribution in [0.4, 0.5) is 5.69 Å². The fraction of sp³-hybridized carbons (Fsp3) is 0.519. The maximum Gasteiger partial charge on any atom is 0.161 e. The third-order valence-corrected chi connectivity index (χ3v) is 6.74. The van der Waals surface area contributed by atoms with Crippen molar-refractivity contribution < 1.29 is 9.53 Å². The van der Waals surface area contributed by atoms with E-state index in [-0.39, 0.29) is 11.8 Å². The molecule has 4 nitrogen and oxygen atoms in total. The molecule has 4 rings (SSSR count). The maximum absolute atomic E-state index is 12.3. The standard InChI is InChI=1S/C27H36N2O2/c1-21-10-6-13-25(22(2)30)27(21)29-18-8-14-26(29)23-11-7-12-24(20-23)31-19-9-17-28-15-4-3-5-16-28/h6-7,10-13,20,26H,3-5,8-9,14-19H2,1-2H3. The molecule has 2 aromatic rings. The molecule has 2 aliphatic rings. The van der Waals surface area contributed by atoms with Crippen LogP contribution in [0.15, 0.2) is 42.5 Å². The Morgan fingerprint density at radius 1 is 1.03 bits per heavy atom. The van der Waals surface area contributed by atoms with Gasteiger partial charge in [0, 0.05) is 18.7 Å². The van der Waals surface area contributed by atoms with Crippen LogP contribution in [0.2, 0.25) is 0 Å². The highest BCUT2D eigenvalue weighted by molar-refractivity contribution is 6.00. The zero-order chi connectivity index (χ0) is 21.6. The molecule has 1 atom stereocenters. The topological polar surface area (TPSA) is 32.8 Å². The first-order valence-corrected chi connectivity index (χ1v) is 12.0. The molecule has 1 unspecified atom stereocenters. The number of hydrogen-bond acceptors (Lipinski definition) is 4. The highest BCUT2D eigenvalue weighted by Gasteiger charge is 2.29. The number of piperidine rings is 1. The molecule has 0 N–H and O–H groups in total. The molecule has 0 aliphatic carbocycles. The molecule has 0 radical (unpaired) electrons. The molecular weight excluding hydrogens is 384 g/mol. The summed E-state index contributed by atoms with van der Waals surface area (Å²) < 4.78 is 6.12. The molecule has 0 bridgehead atoms. The number of likely N-dealkylation sites (tertiary alicyclic amines) is 1. The zero-order valence-electron chi connectivity index (χ0n) is 19.1. The van der Waals surface area contributed by atoms with Crippen LogP contribution in [0.1, 0.15) is 73.0 Å². The summed E-state index contributed by atoms with van der Waals surface area (Å²) in [5, 5.41) is 0. The molecule has 0 amide bonds. The first kappa shape index (κ1) is 21.9. The third kappa shape index (κ3) is 5.30. The van der Waals surface area contributed by atoms with Crippen LogP contribution >= 0.6 is 0 Å². The summed E-state index contributed by atoms with van der Waals surface area (Å²) in [6, 6.07) is 14.9. The molecule has 2 fully saturated rings. The van der Waals surface area contributed by atoms with E-state index in [4.69, 9.17) is 4.74 Å². The van der Waals surface area contributed by atoms with Gasteiger partial charge in [0.05, 0.1) is 18.3 Å². The number of hydrogen-bond donors (Lipinski definition) is 0. The van der Waals surface area contributed by atoms with Crippen molar-refractivity contribution in [2.24, 2.45) is 0 Å². The fourth-order valence-electron chi connectivity index (χ4n) is 5.18. The Balaban J connectivity index is 1.43. The second kappa shape index (κ2) is 10.3. The lowest BCUT2D eigenvalue weighted by Gasteiger charge is -2.30. The highest BCUT2D eigenvalue weighted by atomic mass is 16.5. The summed E-state index contributed by atoms with van der Waals surface area (Å²) in [5.41, 5.74) is 4.39. The Hall–Kier alpha value is -2.33. The monoisotopic (exact) mass is 420 g/mol. The van der Waals surface area contributed by atoms with Gasteiger partial charge in [-0.1, -0.05) is 30.7 Å². The minimum Gasteiger partial charge on any atom is -0.494 e. The first-order chi connectivity index (χ1) is 15.1. The molecule has 2 aromatic carbocycles. The number of carbonyl (C=O) groups is 1. The van der Waals surface area contributed by atoms with Crippen molar-refractivity contribution in [3.63, 3.8) is 0 Å². The molecule has 0 aromatic heterocycles. The number of benzene rings is 2. The van der Waals surface area contributed by atoms with Gasteiger partial charge in [-0.2, -0.15) is 0 Å². The van der Waals surface area contributed by atoms with Crippen LogP contribution < -0.4 is 9.64 Å². The van der Waals surface area contributed by atoms with E-state index in [0.717, 1.165) is 56.0 Å². The Kier molecular flexibility index (Phi) is 7.29. The molecule has 0 saturated carbocycles. The maximum atomic E-state index is 12.3. The number of anilines is 1. The van der Waals surface area contributed by atoms with E-state index >= 15 is 0 Å². The second-order valence-electron chi connectivity index (χ2n) is 9.06. The Labute approximate surface area is 187 Å². The van der Waals surface area contributed by atoms with Crippen molar-refractivity contribution >= 4 is 11.5 Å². The number of ketones is 1. The summed E-state index contributed by atoms with van der Waals surface area (Å²) in [6.07, 6.45) is 7.38. The number of rotatable bonds is 8. The first-order valence-electron chi connectivity index (χ1n) is 12.0. The van der Waals surface area contributed by atoms with Gasteiger partial charge in [-0.15, -0.1) is 0 Å². The van der Waals surface area contributed by atoms with Gasteiger partial charge >= 0.3 is 0 Å². The number of para-hydroxylation sites is 1. The van der Waals surface area contributed by atoms with Gasteiger partial charge in [0.2, 0.25) is 0 Å². The Morgan fingerprint density at radius 2 is 1.84 bits per heavy atom. The highest BCUT2D eigenvalue weighted by Crippen LogP contribution is 2.40. The van der Waals surface area contributed by atoms with Gasteiger partial charge in [0.1, 0.15) is 5.75 Å². The van der Waals surface area contributed by atoms with Gasteiger partial charge in [0.15, 0.2) is 5.78 Å². The van der Waals surface area contributed by atoms with E-state index in [2.05, 4.69) is 47.1 Å². The third-order valence-electron chi connectivity index (χ3n) is 6.74. The van der Waals surface area contributed by atoms with E-state index in [1.807, 2.05) is 12.1 Å². The van der Waals surface area contributed by atoms with Crippen molar-refractivity contribution in [2.75, 3.05) is 37.7 Å². The summed E-state index contributed by atoms with van der Waals surface area (Å²) in [7, 11) is 0. The minimum atomic E-state index is 0.134. The number of nitrogens with zero attached hydrogens (tertiary/aromatic N) is 2. The predicted octanol–water partition coefficient (Wildman–Crippen LogP) is 5.79. The predicted molar refractivity (Wildman–Crippen MR) is 127 cm³/mol. The van der Waals surface area contributed by atoms with Crippen molar-refractivity contribution in [3.05, 3.63) is 59.2 Å². The van der Waals surface area contributed by atoms with Crippen molar-refractivity contribution in [2.45, 2.75) is 58.4 Å². The van der Waals surface area contributed by atoms with Crippen molar-refractivity contribution in [1.82, 2.24) is 4.90 Å². The Bertz CT molecular complexity index is 889. The molecule has 2 aliphatic heterocycles. The number of Topliss-reactive ketones (excluding diaryl/α,β-unsaturated/α-hetero) is 1. The quantitative estimate of drug-likeness (QED) is 0.399. The molecule has 31 heavy (non-hydrogen) atoms. The summed E-state index contributed by atoms with van der Waals surface area (Å²) in [4.78, 5) is 17.3. The van der Waals surface area contributed by atoms with E-state index in [1.54, 1.807) is 6.92 Å². The molecule has 2 saturated heterocycles. The molecular formula is C27H36N2O2. The van der Waals surface area contributed by atoms with Crippen LogP contribution in [-0.2, 0) is 0 Å². The second-order valence-corrected chi connectivity index (χ2v) is 9.06. The lowest BCUT2D eigenvalue weighted by atomic mass is 10.00. The van der Waals surface area contributed by atoms with E-state index in [1.165, 1.54) is 43.5 Å². The summed E-state index contributed by atoms with van der Waals surface area (Å²) in [5.74, 6) is 1.09. The van der Waals surface area contributed by atoms with Gasteiger partial charge < -0.3 is 14.5 Å². The van der Waals surface area contributed by atoms with Crippen LogP contribution in [-0.4, -0.2) is 43.5 Å². The zero-order valence-corrected chi connectivity index (χ0v) is 19.1. The van der Waals surface area contributed by atoms with E-state index < -0.39 is 0 Å². The SMILES string of the molecule is CC(=O)c1cccc(C)c1N1CCCC1c1cccc(OCCCN2CCCCC2)c1. The van der Waals surface area contributed by atoms with Gasteiger partial charge in [-0.25, -0.2) is 0 Å². The van der Waals surface area contributed by atoms with Crippen LogP contribution in [0.5, 0.6) is 5.75 Å². The van der Waals surface area contributed by atoms with Crippen molar-refractivity contribution in [1.29, 1.82) is 0 Å². The van der Waals surface area contributed by atoms with E-state index in [0.29, 0.717) is 0 Å².